The Bertz CT molecular complexity index is 766. The third-order valence-electron chi connectivity index (χ3n) is 5.70. The SMILES string of the molecule is Cc1nn([C@@H]2CCS(=O)(=O)C2)c(C)c1CN(C)C(=S)NC1CCCCC1. The predicted octanol–water partition coefficient (Wildman–Crippen LogP) is 2.50. The minimum absolute atomic E-state index is 0.0370. The highest BCUT2D eigenvalue weighted by atomic mass is 32.2. The first-order chi connectivity index (χ1) is 12.3. The maximum atomic E-state index is 11.8. The van der Waals surface area contributed by atoms with Crippen molar-refractivity contribution in [1.29, 1.82) is 0 Å². The first-order valence-electron chi connectivity index (χ1n) is 9.53. The van der Waals surface area contributed by atoms with Crippen molar-refractivity contribution in [3.63, 3.8) is 0 Å². The van der Waals surface area contributed by atoms with E-state index < -0.39 is 9.84 Å². The van der Waals surface area contributed by atoms with Gasteiger partial charge in [-0.25, -0.2) is 8.42 Å². The molecule has 1 saturated heterocycles. The third kappa shape index (κ3) is 4.39. The van der Waals surface area contributed by atoms with Crippen LogP contribution in [0.5, 0.6) is 0 Å². The van der Waals surface area contributed by atoms with Crippen LogP contribution in [0.3, 0.4) is 0 Å². The number of aryl methyl sites for hydroxylation is 1. The van der Waals surface area contributed by atoms with Crippen LogP contribution >= 0.6 is 12.2 Å². The lowest BCUT2D eigenvalue weighted by molar-refractivity contribution is 0.392. The molecule has 8 heteroatoms. The Morgan fingerprint density at radius 1 is 1.27 bits per heavy atom. The Labute approximate surface area is 162 Å². The van der Waals surface area contributed by atoms with Gasteiger partial charge in [-0.05, 0) is 45.3 Å². The van der Waals surface area contributed by atoms with Gasteiger partial charge in [-0.1, -0.05) is 19.3 Å². The van der Waals surface area contributed by atoms with Crippen LogP contribution in [0.25, 0.3) is 0 Å². The molecule has 0 unspecified atom stereocenters. The van der Waals surface area contributed by atoms with E-state index in [1.165, 1.54) is 32.1 Å². The quantitative estimate of drug-likeness (QED) is 0.786. The van der Waals surface area contributed by atoms with E-state index in [-0.39, 0.29) is 17.5 Å². The van der Waals surface area contributed by atoms with Crippen molar-refractivity contribution in [2.75, 3.05) is 18.6 Å². The number of hydrogen-bond acceptors (Lipinski definition) is 4. The molecule has 1 aromatic rings. The minimum Gasteiger partial charge on any atom is -0.360 e. The molecule has 1 atom stereocenters. The largest absolute Gasteiger partial charge is 0.360 e. The minimum atomic E-state index is -2.92. The number of nitrogens with one attached hydrogen (secondary N) is 1. The molecule has 2 fully saturated rings. The molecule has 1 aromatic heterocycles. The molecule has 6 nitrogen and oxygen atoms in total. The summed E-state index contributed by atoms with van der Waals surface area (Å²) in [5.41, 5.74) is 3.15. The summed E-state index contributed by atoms with van der Waals surface area (Å²) in [6.07, 6.45) is 6.93. The van der Waals surface area contributed by atoms with Crippen LogP contribution in [0.15, 0.2) is 0 Å². The lowest BCUT2D eigenvalue weighted by Crippen LogP contribution is -2.43. The van der Waals surface area contributed by atoms with Gasteiger partial charge < -0.3 is 10.2 Å². The van der Waals surface area contributed by atoms with Crippen molar-refractivity contribution in [3.05, 3.63) is 17.0 Å². The molecule has 2 aliphatic rings. The molecule has 1 saturated carbocycles. The number of hydrogen-bond donors (Lipinski definition) is 1. The van der Waals surface area contributed by atoms with Gasteiger partial charge in [0.05, 0.1) is 23.2 Å². The number of sulfone groups is 1. The summed E-state index contributed by atoms with van der Waals surface area (Å²) in [5.74, 6) is 0.465. The highest BCUT2D eigenvalue weighted by Crippen LogP contribution is 2.27. The molecule has 1 aliphatic carbocycles. The average Bonchev–Trinajstić information content (AvgIpc) is 3.09. The van der Waals surface area contributed by atoms with Gasteiger partial charge in [0.15, 0.2) is 14.9 Å². The number of rotatable bonds is 4. The van der Waals surface area contributed by atoms with E-state index in [0.29, 0.717) is 19.0 Å². The van der Waals surface area contributed by atoms with Gasteiger partial charge in [0.25, 0.3) is 0 Å². The van der Waals surface area contributed by atoms with Crippen LogP contribution in [0.2, 0.25) is 0 Å². The van der Waals surface area contributed by atoms with Crippen LogP contribution in [0.4, 0.5) is 0 Å². The molecule has 1 N–H and O–H groups in total. The monoisotopic (exact) mass is 398 g/mol. The van der Waals surface area contributed by atoms with Crippen molar-refractivity contribution in [2.24, 2.45) is 0 Å². The van der Waals surface area contributed by atoms with Crippen LogP contribution in [-0.2, 0) is 16.4 Å². The smallest absolute Gasteiger partial charge is 0.169 e. The number of aromatic nitrogens is 2. The zero-order chi connectivity index (χ0) is 18.9. The summed E-state index contributed by atoms with van der Waals surface area (Å²) in [6.45, 7) is 4.72. The molecule has 0 spiro atoms. The van der Waals surface area contributed by atoms with E-state index in [9.17, 15) is 8.42 Å². The first kappa shape index (κ1) is 19.6. The van der Waals surface area contributed by atoms with Gasteiger partial charge in [0.2, 0.25) is 0 Å². The summed E-state index contributed by atoms with van der Waals surface area (Å²) in [6, 6.07) is 0.456. The second-order valence-electron chi connectivity index (χ2n) is 7.79. The van der Waals surface area contributed by atoms with E-state index in [4.69, 9.17) is 12.2 Å². The van der Waals surface area contributed by atoms with Crippen molar-refractivity contribution in [3.8, 4) is 0 Å². The molecular formula is C18H30N4O2S2. The van der Waals surface area contributed by atoms with E-state index in [2.05, 4.69) is 15.3 Å². The topological polar surface area (TPSA) is 67.2 Å². The van der Waals surface area contributed by atoms with Gasteiger partial charge in [-0.15, -0.1) is 0 Å². The Balaban J connectivity index is 1.66. The maximum Gasteiger partial charge on any atom is 0.169 e. The highest BCUT2D eigenvalue weighted by Gasteiger charge is 2.31. The number of thiocarbonyl (C=S) groups is 1. The molecule has 0 amide bonds. The zero-order valence-corrected chi connectivity index (χ0v) is 17.6. The molecule has 2 heterocycles. The van der Waals surface area contributed by atoms with Crippen molar-refractivity contribution < 1.29 is 8.42 Å². The molecule has 146 valence electrons. The van der Waals surface area contributed by atoms with Gasteiger partial charge >= 0.3 is 0 Å². The summed E-state index contributed by atoms with van der Waals surface area (Å²) in [4.78, 5) is 2.07. The van der Waals surface area contributed by atoms with Crippen molar-refractivity contribution in [2.45, 2.75) is 71.0 Å². The summed E-state index contributed by atoms with van der Waals surface area (Å²) >= 11 is 5.60. The second-order valence-corrected chi connectivity index (χ2v) is 10.4. The Morgan fingerprint density at radius 2 is 1.96 bits per heavy atom. The van der Waals surface area contributed by atoms with E-state index in [1.807, 2.05) is 25.6 Å². The molecule has 1 aliphatic heterocycles. The van der Waals surface area contributed by atoms with Crippen LogP contribution in [0, 0.1) is 13.8 Å². The Hall–Kier alpha value is -1.15. The molecule has 0 bridgehead atoms. The zero-order valence-electron chi connectivity index (χ0n) is 16.0. The summed E-state index contributed by atoms with van der Waals surface area (Å²) in [5, 5.41) is 8.93. The van der Waals surface area contributed by atoms with Crippen LogP contribution in [-0.4, -0.2) is 52.8 Å². The molecule has 3 rings (SSSR count). The van der Waals surface area contributed by atoms with E-state index in [1.54, 1.807) is 0 Å². The highest BCUT2D eigenvalue weighted by molar-refractivity contribution is 7.91. The summed E-state index contributed by atoms with van der Waals surface area (Å²) in [7, 11) is -0.911. The fraction of sp³-hybridized carbons (Fsp3) is 0.778. The predicted molar refractivity (Wildman–Crippen MR) is 108 cm³/mol. The molecule has 0 radical (unpaired) electrons. The lowest BCUT2D eigenvalue weighted by Gasteiger charge is -2.28. The maximum absolute atomic E-state index is 11.8. The lowest BCUT2D eigenvalue weighted by atomic mass is 9.96. The van der Waals surface area contributed by atoms with Gasteiger partial charge in [-0.2, -0.15) is 5.10 Å². The summed E-state index contributed by atoms with van der Waals surface area (Å²) < 4.78 is 25.5. The van der Waals surface area contributed by atoms with Gasteiger partial charge in [0.1, 0.15) is 0 Å². The molecular weight excluding hydrogens is 368 g/mol. The fourth-order valence-electron chi connectivity index (χ4n) is 4.09. The van der Waals surface area contributed by atoms with Gasteiger partial charge in [0, 0.05) is 30.9 Å². The fourth-order valence-corrected chi connectivity index (χ4v) is 6.01. The van der Waals surface area contributed by atoms with Crippen LogP contribution in [0.1, 0.15) is 61.5 Å². The molecule has 0 aromatic carbocycles. The normalized spacial score (nSPS) is 23.1. The standard InChI is InChI=1S/C18H30N4O2S2/c1-13-17(11-21(3)18(25)19-15-7-5-4-6-8-15)14(2)22(20-13)16-9-10-26(23,24)12-16/h15-16H,4-12H2,1-3H3,(H,19,25)/t16-/m1/s1. The van der Waals surface area contributed by atoms with Crippen LogP contribution < -0.4 is 5.32 Å². The molecule has 26 heavy (non-hydrogen) atoms. The Morgan fingerprint density at radius 3 is 2.58 bits per heavy atom. The van der Waals surface area contributed by atoms with Gasteiger partial charge in [-0.3, -0.25) is 4.68 Å². The third-order valence-corrected chi connectivity index (χ3v) is 7.88. The van der Waals surface area contributed by atoms with E-state index in [0.717, 1.165) is 22.1 Å². The number of nitrogens with zero attached hydrogens (tertiary/aromatic N) is 3. The van der Waals surface area contributed by atoms with Crippen molar-refractivity contribution >= 4 is 27.2 Å². The second kappa shape index (κ2) is 7.84. The first-order valence-corrected chi connectivity index (χ1v) is 11.8. The Kier molecular flexibility index (Phi) is 5.91. The average molecular weight is 399 g/mol. The van der Waals surface area contributed by atoms with E-state index >= 15 is 0 Å². The van der Waals surface area contributed by atoms with Crippen molar-refractivity contribution in [1.82, 2.24) is 20.0 Å².